The summed E-state index contributed by atoms with van der Waals surface area (Å²) in [4.78, 5) is 0. The van der Waals surface area contributed by atoms with Gasteiger partial charge in [-0.2, -0.15) is 0 Å². The second kappa shape index (κ2) is 4.09. The Morgan fingerprint density at radius 2 is 2.08 bits per heavy atom. The van der Waals surface area contributed by atoms with Crippen molar-refractivity contribution >= 4 is 21.6 Å². The number of anilines is 1. The maximum atomic E-state index is 9.26. The van der Waals surface area contributed by atoms with Gasteiger partial charge in [0.2, 0.25) is 0 Å². The van der Waals surface area contributed by atoms with Gasteiger partial charge in [-0.1, -0.05) is 6.07 Å². The molecule has 0 amide bonds. The molecule has 0 radical (unpaired) electrons. The van der Waals surface area contributed by atoms with E-state index >= 15 is 0 Å². The molecule has 2 atom stereocenters. The molecule has 0 heterocycles. The fraction of sp³-hybridized carbons (Fsp3) is 0.333. The zero-order valence-corrected chi connectivity index (χ0v) is 8.95. The molecule has 72 valence electrons. The van der Waals surface area contributed by atoms with Crippen LogP contribution in [-0.2, 0) is 0 Å². The first-order valence-electron chi connectivity index (χ1n) is 4.01. The van der Waals surface area contributed by atoms with E-state index < -0.39 is 6.10 Å². The molecule has 5 N–H and O–H groups in total. The van der Waals surface area contributed by atoms with E-state index in [2.05, 4.69) is 15.9 Å². The highest BCUT2D eigenvalue weighted by Crippen LogP contribution is 2.24. The Morgan fingerprint density at radius 1 is 1.46 bits per heavy atom. The predicted molar refractivity (Wildman–Crippen MR) is 57.2 cm³/mol. The Bertz CT molecular complexity index is 302. The third kappa shape index (κ3) is 2.43. The fourth-order valence-corrected chi connectivity index (χ4v) is 1.29. The second-order valence-corrected chi connectivity index (χ2v) is 3.90. The number of hydrogen-bond acceptors (Lipinski definition) is 3. The van der Waals surface area contributed by atoms with Crippen molar-refractivity contribution in [2.45, 2.75) is 19.1 Å². The summed E-state index contributed by atoms with van der Waals surface area (Å²) in [5.41, 5.74) is 12.9. The van der Waals surface area contributed by atoms with E-state index in [4.69, 9.17) is 11.5 Å². The van der Waals surface area contributed by atoms with E-state index in [0.29, 0.717) is 5.69 Å². The summed E-state index contributed by atoms with van der Waals surface area (Å²) in [5.74, 6) is 0. The van der Waals surface area contributed by atoms with Gasteiger partial charge < -0.3 is 16.6 Å². The van der Waals surface area contributed by atoms with Crippen molar-refractivity contribution in [3.8, 4) is 0 Å². The Morgan fingerprint density at radius 3 is 2.54 bits per heavy atom. The van der Waals surface area contributed by atoms with Gasteiger partial charge in [-0.25, -0.2) is 0 Å². The number of benzene rings is 1. The zero-order chi connectivity index (χ0) is 10.0. The third-order valence-corrected chi connectivity index (χ3v) is 2.65. The molecule has 0 bridgehead atoms. The summed E-state index contributed by atoms with van der Waals surface area (Å²) in [5, 5.41) is 9.26. The first kappa shape index (κ1) is 10.5. The summed E-state index contributed by atoms with van der Waals surface area (Å²) in [6, 6.07) is 5.06. The Hall–Kier alpha value is -0.580. The van der Waals surface area contributed by atoms with E-state index in [1.54, 1.807) is 13.0 Å². The lowest BCUT2D eigenvalue weighted by Crippen LogP contribution is -2.23. The molecule has 1 aromatic rings. The van der Waals surface area contributed by atoms with Gasteiger partial charge in [-0.05, 0) is 40.5 Å². The molecule has 0 aromatic heterocycles. The molecule has 1 aromatic carbocycles. The van der Waals surface area contributed by atoms with Crippen molar-refractivity contribution in [2.75, 3.05) is 5.73 Å². The number of aliphatic hydroxyl groups excluding tert-OH is 1. The SMILES string of the molecule is C[C@H](O)[C@@H](N)c1ccc(Br)c(N)c1. The summed E-state index contributed by atoms with van der Waals surface area (Å²) < 4.78 is 0.842. The van der Waals surface area contributed by atoms with Crippen molar-refractivity contribution in [1.29, 1.82) is 0 Å². The summed E-state index contributed by atoms with van der Waals surface area (Å²) >= 11 is 3.29. The van der Waals surface area contributed by atoms with Crippen molar-refractivity contribution < 1.29 is 5.11 Å². The molecular weight excluding hydrogens is 232 g/mol. The predicted octanol–water partition coefficient (Wildman–Crippen LogP) is 1.41. The molecular formula is C9H13BrN2O. The number of nitrogen functional groups attached to an aromatic ring is 1. The lowest BCUT2D eigenvalue weighted by atomic mass is 10.0. The molecule has 0 spiro atoms. The van der Waals surface area contributed by atoms with Gasteiger partial charge in [0, 0.05) is 10.2 Å². The Kier molecular flexibility index (Phi) is 3.30. The molecule has 0 saturated heterocycles. The first-order chi connectivity index (χ1) is 6.02. The van der Waals surface area contributed by atoms with Crippen LogP contribution in [0.15, 0.2) is 22.7 Å². The molecule has 0 saturated carbocycles. The van der Waals surface area contributed by atoms with Gasteiger partial charge in [0.05, 0.1) is 12.1 Å². The minimum Gasteiger partial charge on any atom is -0.398 e. The number of nitrogens with two attached hydrogens (primary N) is 2. The highest BCUT2D eigenvalue weighted by molar-refractivity contribution is 9.10. The van der Waals surface area contributed by atoms with E-state index in [1.807, 2.05) is 12.1 Å². The molecule has 0 fully saturated rings. The van der Waals surface area contributed by atoms with Gasteiger partial charge in [0.1, 0.15) is 0 Å². The van der Waals surface area contributed by atoms with E-state index in [9.17, 15) is 5.11 Å². The molecule has 0 aliphatic heterocycles. The molecule has 0 unspecified atom stereocenters. The minimum atomic E-state index is -0.569. The number of aliphatic hydroxyl groups is 1. The monoisotopic (exact) mass is 244 g/mol. The number of rotatable bonds is 2. The van der Waals surface area contributed by atoms with Gasteiger partial charge in [0.25, 0.3) is 0 Å². The Labute approximate surface area is 85.9 Å². The molecule has 13 heavy (non-hydrogen) atoms. The van der Waals surface area contributed by atoms with Crippen LogP contribution < -0.4 is 11.5 Å². The van der Waals surface area contributed by atoms with E-state index in [0.717, 1.165) is 10.0 Å². The highest BCUT2D eigenvalue weighted by atomic mass is 79.9. The largest absolute Gasteiger partial charge is 0.398 e. The molecule has 0 aliphatic carbocycles. The van der Waals surface area contributed by atoms with Crippen LogP contribution in [0.25, 0.3) is 0 Å². The average Bonchev–Trinajstić information content (AvgIpc) is 2.08. The van der Waals surface area contributed by atoms with Gasteiger partial charge >= 0.3 is 0 Å². The topological polar surface area (TPSA) is 72.3 Å². The smallest absolute Gasteiger partial charge is 0.0704 e. The standard InChI is InChI=1S/C9H13BrN2O/c1-5(13)9(12)6-2-3-7(10)8(11)4-6/h2-5,9,13H,11-12H2,1H3/t5-,9+/m0/s1. The van der Waals surface area contributed by atoms with Crippen LogP contribution in [0.3, 0.4) is 0 Å². The van der Waals surface area contributed by atoms with E-state index in [1.165, 1.54) is 0 Å². The maximum Gasteiger partial charge on any atom is 0.0704 e. The lowest BCUT2D eigenvalue weighted by molar-refractivity contribution is 0.164. The second-order valence-electron chi connectivity index (χ2n) is 3.05. The van der Waals surface area contributed by atoms with Crippen LogP contribution in [-0.4, -0.2) is 11.2 Å². The number of halogens is 1. The van der Waals surface area contributed by atoms with Crippen LogP contribution in [0, 0.1) is 0 Å². The quantitative estimate of drug-likeness (QED) is 0.690. The molecule has 1 rings (SSSR count). The summed E-state index contributed by atoms with van der Waals surface area (Å²) in [6.45, 7) is 1.66. The fourth-order valence-electron chi connectivity index (χ4n) is 1.05. The van der Waals surface area contributed by atoms with Crippen LogP contribution in [0.2, 0.25) is 0 Å². The Balaban J connectivity index is 2.97. The third-order valence-electron chi connectivity index (χ3n) is 1.92. The van der Waals surface area contributed by atoms with Crippen molar-refractivity contribution in [3.05, 3.63) is 28.2 Å². The normalized spacial score (nSPS) is 15.4. The van der Waals surface area contributed by atoms with Gasteiger partial charge in [0.15, 0.2) is 0 Å². The van der Waals surface area contributed by atoms with Crippen molar-refractivity contribution in [2.24, 2.45) is 5.73 Å². The number of hydrogen-bond donors (Lipinski definition) is 3. The minimum absolute atomic E-state index is 0.379. The van der Waals surface area contributed by atoms with Crippen molar-refractivity contribution in [1.82, 2.24) is 0 Å². The van der Waals surface area contributed by atoms with Gasteiger partial charge in [-0.3, -0.25) is 0 Å². The summed E-state index contributed by atoms with van der Waals surface area (Å²) in [7, 11) is 0. The maximum absolute atomic E-state index is 9.26. The van der Waals surface area contributed by atoms with Crippen LogP contribution in [0.5, 0.6) is 0 Å². The average molecular weight is 245 g/mol. The summed E-state index contributed by atoms with van der Waals surface area (Å²) in [6.07, 6.45) is -0.569. The van der Waals surface area contributed by atoms with Gasteiger partial charge in [-0.15, -0.1) is 0 Å². The molecule has 4 heteroatoms. The van der Waals surface area contributed by atoms with E-state index in [-0.39, 0.29) is 6.04 Å². The molecule has 0 aliphatic rings. The zero-order valence-electron chi connectivity index (χ0n) is 7.37. The van der Waals surface area contributed by atoms with Crippen molar-refractivity contribution in [3.63, 3.8) is 0 Å². The molecule has 3 nitrogen and oxygen atoms in total. The first-order valence-corrected chi connectivity index (χ1v) is 4.80. The highest BCUT2D eigenvalue weighted by Gasteiger charge is 2.12. The van der Waals surface area contributed by atoms with Crippen LogP contribution in [0.4, 0.5) is 5.69 Å². The van der Waals surface area contributed by atoms with Crippen LogP contribution in [0.1, 0.15) is 18.5 Å². The van der Waals surface area contributed by atoms with Crippen LogP contribution >= 0.6 is 15.9 Å². The lowest BCUT2D eigenvalue weighted by Gasteiger charge is -2.15.